The van der Waals surface area contributed by atoms with Gasteiger partial charge in [0, 0.05) is 0 Å². The second-order valence-corrected chi connectivity index (χ2v) is 9.79. The summed E-state index contributed by atoms with van der Waals surface area (Å²) in [6.45, 7) is 16.9. The van der Waals surface area contributed by atoms with Gasteiger partial charge in [0.15, 0.2) is 0 Å². The van der Waals surface area contributed by atoms with Crippen molar-refractivity contribution in [1.29, 1.82) is 0 Å². The molecule has 2 aromatic rings. The number of rotatable bonds is 8. The largest absolute Gasteiger partial charge is 0.539 e. The fourth-order valence-electron chi connectivity index (χ4n) is 4.62. The lowest BCUT2D eigenvalue weighted by molar-refractivity contribution is 0.157. The third-order valence-electron chi connectivity index (χ3n) is 6.53. The van der Waals surface area contributed by atoms with Crippen LogP contribution >= 0.6 is 8.10 Å². The van der Waals surface area contributed by atoms with Gasteiger partial charge in [0.25, 0.3) is 0 Å². The Morgan fingerprint density at radius 2 is 1.07 bits per heavy atom. The predicted octanol–water partition coefficient (Wildman–Crippen LogP) is 7.17. The van der Waals surface area contributed by atoms with E-state index in [9.17, 15) is 4.57 Å². The van der Waals surface area contributed by atoms with Crippen molar-refractivity contribution >= 4 is 8.10 Å². The Labute approximate surface area is 183 Å². The van der Waals surface area contributed by atoms with E-state index in [0.717, 1.165) is 0 Å². The molecule has 0 amide bonds. The van der Waals surface area contributed by atoms with Crippen LogP contribution in [0.15, 0.2) is 86.0 Å². The van der Waals surface area contributed by atoms with Crippen LogP contribution in [0.3, 0.4) is 0 Å². The van der Waals surface area contributed by atoms with Gasteiger partial charge in [0.2, 0.25) is 0 Å². The summed E-state index contributed by atoms with van der Waals surface area (Å²) in [5.41, 5.74) is 2.36. The fraction of sp³-hybridized carbons (Fsp3) is 0.385. The van der Waals surface area contributed by atoms with Crippen LogP contribution in [0.4, 0.5) is 0 Å². The molecule has 1 heterocycles. The van der Waals surface area contributed by atoms with Crippen molar-refractivity contribution in [3.05, 3.63) is 97.1 Å². The number of nitrogens with zero attached hydrogens (tertiary/aromatic N) is 2. The van der Waals surface area contributed by atoms with Crippen molar-refractivity contribution in [3.8, 4) is 0 Å². The molecule has 0 aliphatic carbocycles. The summed E-state index contributed by atoms with van der Waals surface area (Å²) in [5.74, 6) is 0.381. The predicted molar refractivity (Wildman–Crippen MR) is 127 cm³/mol. The average Bonchev–Trinajstić information content (AvgIpc) is 3.10. The summed E-state index contributed by atoms with van der Waals surface area (Å²) in [4.78, 5) is 0. The Kier molecular flexibility index (Phi) is 7.41. The molecule has 158 valence electrons. The standard InChI is InChI=1S/C26H34N2OP/c1-7-19(3)25-26(20(4)8-2)28(22(6)24-17-13-10-14-18-24)30(29)27(25)21(5)23-15-11-9-12-16-23/h7-22,25-26H,1-2H2,3-6H3/q+1/t19-,20-,21-,22-,25+,26+/m0/s1. The summed E-state index contributed by atoms with van der Waals surface area (Å²) in [7, 11) is -1.75. The van der Waals surface area contributed by atoms with Crippen LogP contribution in [0.5, 0.6) is 0 Å². The zero-order chi connectivity index (χ0) is 21.8. The Balaban J connectivity index is 2.10. The maximum absolute atomic E-state index is 14.1. The lowest BCUT2D eigenvalue weighted by Gasteiger charge is -2.32. The summed E-state index contributed by atoms with van der Waals surface area (Å²) >= 11 is 0. The Morgan fingerprint density at radius 1 is 0.733 bits per heavy atom. The van der Waals surface area contributed by atoms with E-state index < -0.39 is 8.10 Å². The van der Waals surface area contributed by atoms with Crippen molar-refractivity contribution in [2.75, 3.05) is 0 Å². The molecule has 1 fully saturated rings. The molecule has 0 aromatic heterocycles. The number of benzene rings is 2. The third-order valence-corrected chi connectivity index (χ3v) is 8.55. The van der Waals surface area contributed by atoms with Crippen LogP contribution in [0.1, 0.15) is 50.9 Å². The second-order valence-electron chi connectivity index (χ2n) is 8.36. The van der Waals surface area contributed by atoms with Crippen molar-refractivity contribution < 1.29 is 4.57 Å². The summed E-state index contributed by atoms with van der Waals surface area (Å²) in [5, 5.41) is 0. The smallest absolute Gasteiger partial charge is 0.103 e. The molecule has 2 aromatic carbocycles. The Bertz CT molecular complexity index is 798. The molecule has 1 aliphatic rings. The van der Waals surface area contributed by atoms with E-state index in [1.54, 1.807) is 0 Å². The SMILES string of the molecule is C=C[C@H](C)[C@@H]1[C@@H]([C@@H](C)C=C)N([C@@H](C)c2ccccc2)[P+](=O)N1[C@@H](C)c1ccccc1. The van der Waals surface area contributed by atoms with Crippen molar-refractivity contribution in [2.24, 2.45) is 11.8 Å². The van der Waals surface area contributed by atoms with Gasteiger partial charge in [0.1, 0.15) is 0 Å². The van der Waals surface area contributed by atoms with Crippen molar-refractivity contribution in [2.45, 2.75) is 51.9 Å². The monoisotopic (exact) mass is 421 g/mol. The highest BCUT2D eigenvalue weighted by atomic mass is 31.1. The van der Waals surface area contributed by atoms with Gasteiger partial charge in [0.05, 0.1) is 24.2 Å². The van der Waals surface area contributed by atoms with Gasteiger partial charge in [-0.25, -0.2) is 0 Å². The topological polar surface area (TPSA) is 23.6 Å². The molecule has 3 nitrogen and oxygen atoms in total. The average molecular weight is 422 g/mol. The van der Waals surface area contributed by atoms with Gasteiger partial charge in [-0.15, -0.1) is 13.2 Å². The zero-order valence-corrected chi connectivity index (χ0v) is 19.5. The summed E-state index contributed by atoms with van der Waals surface area (Å²) < 4.78 is 18.6. The molecule has 4 heteroatoms. The van der Waals surface area contributed by atoms with E-state index in [0.29, 0.717) is 0 Å². The molecule has 6 atom stereocenters. The Hall–Kier alpha value is -2.06. The van der Waals surface area contributed by atoms with Crippen LogP contribution in [-0.2, 0) is 4.57 Å². The highest BCUT2D eigenvalue weighted by Gasteiger charge is 2.62. The van der Waals surface area contributed by atoms with Crippen LogP contribution in [0, 0.1) is 11.8 Å². The third kappa shape index (κ3) is 4.21. The lowest BCUT2D eigenvalue weighted by atomic mass is 9.85. The van der Waals surface area contributed by atoms with E-state index in [2.05, 4.69) is 98.7 Å². The minimum absolute atomic E-state index is 0.0368. The molecule has 30 heavy (non-hydrogen) atoms. The second kappa shape index (κ2) is 9.83. The van der Waals surface area contributed by atoms with Crippen LogP contribution in [0.25, 0.3) is 0 Å². The molecule has 0 N–H and O–H groups in total. The van der Waals surface area contributed by atoms with Gasteiger partial charge >= 0.3 is 8.10 Å². The van der Waals surface area contributed by atoms with Gasteiger partial charge < -0.3 is 0 Å². The molecule has 0 saturated carbocycles. The van der Waals surface area contributed by atoms with Gasteiger partial charge in [-0.05, 0) is 41.4 Å². The quantitative estimate of drug-likeness (QED) is 0.334. The van der Waals surface area contributed by atoms with Crippen LogP contribution < -0.4 is 0 Å². The van der Waals surface area contributed by atoms with Gasteiger partial charge in [-0.2, -0.15) is 0 Å². The van der Waals surface area contributed by atoms with Gasteiger partial charge in [-0.1, -0.05) is 96.0 Å². The molecule has 1 aliphatic heterocycles. The normalized spacial score (nSPS) is 25.4. The minimum atomic E-state index is -1.75. The molecule has 0 unspecified atom stereocenters. The van der Waals surface area contributed by atoms with Gasteiger partial charge in [-0.3, -0.25) is 0 Å². The maximum atomic E-state index is 14.1. The molecular formula is C26H34N2OP+. The van der Waals surface area contributed by atoms with E-state index in [1.807, 2.05) is 24.3 Å². The molecular weight excluding hydrogens is 387 g/mol. The van der Waals surface area contributed by atoms with E-state index in [1.165, 1.54) is 11.1 Å². The maximum Gasteiger partial charge on any atom is 0.539 e. The van der Waals surface area contributed by atoms with Crippen molar-refractivity contribution in [3.63, 3.8) is 0 Å². The van der Waals surface area contributed by atoms with Crippen molar-refractivity contribution in [1.82, 2.24) is 9.34 Å². The Morgan fingerprint density at radius 3 is 1.37 bits per heavy atom. The lowest BCUT2D eigenvalue weighted by Crippen LogP contribution is -2.45. The van der Waals surface area contributed by atoms with Crippen LogP contribution in [0.2, 0.25) is 0 Å². The first-order valence-electron chi connectivity index (χ1n) is 10.8. The zero-order valence-electron chi connectivity index (χ0n) is 18.6. The highest BCUT2D eigenvalue weighted by molar-refractivity contribution is 7.39. The minimum Gasteiger partial charge on any atom is -0.103 e. The van der Waals surface area contributed by atoms with E-state index in [4.69, 9.17) is 0 Å². The summed E-state index contributed by atoms with van der Waals surface area (Å²) in [6, 6.07) is 21.0. The molecule has 0 spiro atoms. The molecule has 0 bridgehead atoms. The first kappa shape index (κ1) is 22.6. The van der Waals surface area contributed by atoms with E-state index in [-0.39, 0.29) is 36.0 Å². The first-order chi connectivity index (χ1) is 14.4. The fourth-order valence-corrected chi connectivity index (χ4v) is 6.87. The highest BCUT2D eigenvalue weighted by Crippen LogP contribution is 2.57. The van der Waals surface area contributed by atoms with Crippen LogP contribution in [-0.4, -0.2) is 21.4 Å². The first-order valence-corrected chi connectivity index (χ1v) is 12.0. The molecule has 3 rings (SSSR count). The van der Waals surface area contributed by atoms with E-state index >= 15 is 0 Å². The summed E-state index contributed by atoms with van der Waals surface area (Å²) in [6.07, 6.45) is 4.00. The molecule has 0 radical (unpaired) electrons. The number of hydrogen-bond acceptors (Lipinski definition) is 1. The number of hydrogen-bond donors (Lipinski definition) is 0. The molecule has 1 saturated heterocycles.